The molecule has 3 N–H and O–H groups in total. The Morgan fingerprint density at radius 3 is 2.03 bits per heavy atom. The Labute approximate surface area is 333 Å². The Balaban J connectivity index is 0.000000262. The number of methoxy groups -OCH3 is 1. The number of hydrogen-bond acceptors (Lipinski definition) is 10. The summed E-state index contributed by atoms with van der Waals surface area (Å²) in [5, 5.41) is 2.26. The van der Waals surface area contributed by atoms with Crippen LogP contribution >= 0.6 is 11.6 Å². The van der Waals surface area contributed by atoms with Crippen LogP contribution in [0.5, 0.6) is 5.75 Å². The molecule has 3 aromatic carbocycles. The van der Waals surface area contributed by atoms with E-state index in [-0.39, 0.29) is 43.4 Å². The summed E-state index contributed by atoms with van der Waals surface area (Å²) in [6.45, 7) is 3.05. The number of rotatable bonds is 11. The Morgan fingerprint density at radius 2 is 1.48 bits per heavy atom. The first-order valence-electron chi connectivity index (χ1n) is 16.7. The highest BCUT2D eigenvalue weighted by Crippen LogP contribution is 2.28. The van der Waals surface area contributed by atoms with E-state index in [1.165, 1.54) is 58.3 Å². The van der Waals surface area contributed by atoms with Crippen LogP contribution in [0.15, 0.2) is 81.2 Å². The van der Waals surface area contributed by atoms with Crippen LogP contribution < -0.4 is 30.7 Å². The van der Waals surface area contributed by atoms with Crippen LogP contribution in [0.3, 0.4) is 0 Å². The third kappa shape index (κ3) is 10.5. The van der Waals surface area contributed by atoms with Crippen molar-refractivity contribution in [3.05, 3.63) is 121 Å². The molecule has 0 saturated heterocycles. The summed E-state index contributed by atoms with van der Waals surface area (Å²) >= 11 is 5.82. The SMILES string of the molecule is CC(C)N(C)S(=O)(=O)NC(=O)c1cc(-n2c(=O)cc(C(F)(F)F)n(C)c2=O)c(F)cc1Cl.COc1ccccc1C(=O)NS(=O)(=O)c1ccc(C(=O)NC2CC2)cc1. The quantitative estimate of drug-likeness (QED) is 0.187. The number of ether oxygens (including phenoxy) is 1. The molecule has 312 valence electrons. The van der Waals surface area contributed by atoms with E-state index in [2.05, 4.69) is 5.32 Å². The summed E-state index contributed by atoms with van der Waals surface area (Å²) in [5.41, 5.74) is -5.71. The van der Waals surface area contributed by atoms with Crippen LogP contribution in [0.2, 0.25) is 5.02 Å². The molecule has 1 saturated carbocycles. The molecule has 0 bridgehead atoms. The monoisotopic (exact) mass is 874 g/mol. The molecule has 1 aliphatic rings. The van der Waals surface area contributed by atoms with Crippen molar-refractivity contribution in [2.75, 3.05) is 14.2 Å². The second kappa shape index (κ2) is 17.5. The molecule has 4 aromatic rings. The number of amides is 3. The molecule has 1 fully saturated rings. The van der Waals surface area contributed by atoms with Crippen molar-refractivity contribution in [2.45, 2.75) is 49.8 Å². The lowest BCUT2D eigenvalue weighted by molar-refractivity contribution is -0.144. The van der Waals surface area contributed by atoms with Gasteiger partial charge in [-0.15, -0.1) is 0 Å². The number of halogens is 5. The van der Waals surface area contributed by atoms with Crippen molar-refractivity contribution in [3.8, 4) is 11.4 Å². The summed E-state index contributed by atoms with van der Waals surface area (Å²) < 4.78 is 113. The van der Waals surface area contributed by atoms with Crippen LogP contribution in [0, 0.1) is 5.82 Å². The first kappa shape index (κ1) is 45.1. The zero-order chi connectivity index (χ0) is 43.5. The number of aromatic nitrogens is 2. The molecule has 0 spiro atoms. The van der Waals surface area contributed by atoms with Gasteiger partial charge in [0.05, 0.1) is 33.8 Å². The number of sulfonamides is 1. The molecule has 0 aliphatic heterocycles. The molecule has 1 aliphatic carbocycles. The minimum Gasteiger partial charge on any atom is -0.496 e. The highest BCUT2D eigenvalue weighted by molar-refractivity contribution is 7.90. The van der Waals surface area contributed by atoms with Crippen LogP contribution in [-0.2, 0) is 33.5 Å². The summed E-state index contributed by atoms with van der Waals surface area (Å²) in [6, 6.07) is 12.6. The average molecular weight is 875 g/mol. The first-order chi connectivity index (χ1) is 26.9. The van der Waals surface area contributed by atoms with Gasteiger partial charge in [-0.25, -0.2) is 31.6 Å². The van der Waals surface area contributed by atoms with Gasteiger partial charge in [0.25, 0.3) is 33.3 Å². The predicted octanol–water partition coefficient (Wildman–Crippen LogP) is 3.37. The summed E-state index contributed by atoms with van der Waals surface area (Å²) in [5.74, 6) is -3.40. The van der Waals surface area contributed by atoms with E-state index < -0.39 is 83.3 Å². The number of alkyl halides is 3. The molecule has 5 rings (SSSR count). The Bertz CT molecular complexity index is 2600. The summed E-state index contributed by atoms with van der Waals surface area (Å²) in [6.07, 6.45) is -3.10. The number of carbonyl (C=O) groups is 3. The molecular weight excluding hydrogens is 840 g/mol. The lowest BCUT2D eigenvalue weighted by atomic mass is 10.1. The van der Waals surface area contributed by atoms with E-state index >= 15 is 0 Å². The second-order valence-electron chi connectivity index (χ2n) is 12.8. The maximum atomic E-state index is 14.5. The van der Waals surface area contributed by atoms with E-state index in [4.69, 9.17) is 16.3 Å². The first-order valence-corrected chi connectivity index (χ1v) is 20.0. The molecule has 1 aromatic heterocycles. The van der Waals surface area contributed by atoms with Crippen molar-refractivity contribution in [1.29, 1.82) is 0 Å². The number of para-hydroxylation sites is 1. The van der Waals surface area contributed by atoms with Gasteiger partial charge in [-0.05, 0) is 75.2 Å². The van der Waals surface area contributed by atoms with Crippen molar-refractivity contribution in [2.24, 2.45) is 7.05 Å². The minimum absolute atomic E-state index is 0.0619. The fourth-order valence-corrected chi connectivity index (χ4v) is 7.12. The second-order valence-corrected chi connectivity index (χ2v) is 16.6. The number of nitrogens with one attached hydrogen (secondary N) is 3. The highest BCUT2D eigenvalue weighted by atomic mass is 35.5. The van der Waals surface area contributed by atoms with Crippen LogP contribution in [0.4, 0.5) is 17.6 Å². The van der Waals surface area contributed by atoms with Gasteiger partial charge in [0.2, 0.25) is 0 Å². The minimum atomic E-state index is -5.04. The van der Waals surface area contributed by atoms with Crippen molar-refractivity contribution in [3.63, 3.8) is 0 Å². The van der Waals surface area contributed by atoms with Gasteiger partial charge in [0.15, 0.2) is 0 Å². The zero-order valence-electron chi connectivity index (χ0n) is 31.1. The zero-order valence-corrected chi connectivity index (χ0v) is 33.4. The molecule has 1 heterocycles. The van der Waals surface area contributed by atoms with Crippen LogP contribution in [-0.4, -0.2) is 74.2 Å². The molecule has 0 radical (unpaired) electrons. The molecule has 58 heavy (non-hydrogen) atoms. The van der Waals surface area contributed by atoms with E-state index in [1.807, 2.05) is 4.72 Å². The topological polar surface area (TPSA) is 212 Å². The lowest BCUT2D eigenvalue weighted by Crippen LogP contribution is -2.44. The van der Waals surface area contributed by atoms with E-state index in [9.17, 15) is 58.4 Å². The van der Waals surface area contributed by atoms with Gasteiger partial charge in [0, 0.05) is 37.8 Å². The average Bonchev–Trinajstić information content (AvgIpc) is 3.97. The number of hydrogen-bond donors (Lipinski definition) is 3. The molecule has 23 heteroatoms. The van der Waals surface area contributed by atoms with Gasteiger partial charge in [0.1, 0.15) is 17.3 Å². The molecule has 0 atom stereocenters. The van der Waals surface area contributed by atoms with E-state index in [1.54, 1.807) is 22.9 Å². The maximum absolute atomic E-state index is 14.5. The number of benzene rings is 3. The molecule has 3 amide bonds. The Kier molecular flexibility index (Phi) is 13.6. The van der Waals surface area contributed by atoms with Crippen molar-refractivity contribution >= 4 is 49.6 Å². The van der Waals surface area contributed by atoms with Crippen LogP contribution in [0.25, 0.3) is 5.69 Å². The number of nitrogens with zero attached hydrogens (tertiary/aromatic N) is 3. The van der Waals surface area contributed by atoms with Crippen molar-refractivity contribution in [1.82, 2.24) is 28.2 Å². The largest absolute Gasteiger partial charge is 0.496 e. The Hall–Kier alpha value is -5.58. The summed E-state index contributed by atoms with van der Waals surface area (Å²) in [7, 11) is -5.11. The fraction of sp³-hybridized carbons (Fsp3) is 0.286. The third-order valence-corrected chi connectivity index (χ3v) is 11.7. The van der Waals surface area contributed by atoms with Gasteiger partial charge in [-0.2, -0.15) is 25.9 Å². The lowest BCUT2D eigenvalue weighted by Gasteiger charge is -2.21. The maximum Gasteiger partial charge on any atom is 0.431 e. The summed E-state index contributed by atoms with van der Waals surface area (Å²) in [4.78, 5) is 61.2. The molecule has 16 nitrogen and oxygen atoms in total. The van der Waals surface area contributed by atoms with Gasteiger partial charge < -0.3 is 10.1 Å². The highest BCUT2D eigenvalue weighted by Gasteiger charge is 2.35. The molecule has 0 unspecified atom stereocenters. The van der Waals surface area contributed by atoms with Gasteiger partial charge in [-0.3, -0.25) is 23.7 Å². The fourth-order valence-electron chi connectivity index (χ4n) is 4.87. The van der Waals surface area contributed by atoms with Gasteiger partial charge in [-0.1, -0.05) is 23.7 Å². The van der Waals surface area contributed by atoms with E-state index in [0.717, 1.165) is 24.2 Å². The van der Waals surface area contributed by atoms with E-state index in [0.29, 0.717) is 17.7 Å². The van der Waals surface area contributed by atoms with Gasteiger partial charge >= 0.3 is 22.1 Å². The smallest absolute Gasteiger partial charge is 0.431 e. The standard InChI is InChI=1S/C18H18N2O5S.C17H17ClF4N4O5S/c1-25-16-5-3-2-4-15(16)18(22)20-26(23,24)14-10-6-12(7-11-14)17(21)19-13-8-9-13;1-8(2)25(4)32(30,31)23-15(28)9-5-12(11(19)6-10(9)18)26-14(27)7-13(17(20,21)22)24(3)16(26)29/h2-7,10-11,13H,8-9H2,1H3,(H,19,21)(H,20,22);5-8H,1-4H3,(H,23,28). The van der Waals surface area contributed by atoms with Crippen LogP contribution in [0.1, 0.15) is 63.5 Å². The normalized spacial score (nSPS) is 13.0. The van der Waals surface area contributed by atoms with Crippen molar-refractivity contribution < 1.29 is 53.5 Å². The number of carbonyl (C=O) groups excluding carboxylic acids is 3. The molecular formula is C35H35ClF4N6O10S2. The Morgan fingerprint density at radius 1 is 0.897 bits per heavy atom. The predicted molar refractivity (Wildman–Crippen MR) is 201 cm³/mol. The third-order valence-electron chi connectivity index (χ3n) is 8.38.